The second-order valence-electron chi connectivity index (χ2n) is 7.39. The largest absolute Gasteiger partial charge is 0.477 e. The number of carboxylic acid groups (broad SMARTS) is 1. The number of hydrazine groups is 2. The summed E-state index contributed by atoms with van der Waals surface area (Å²) in [6, 6.07) is 0. The van der Waals surface area contributed by atoms with Gasteiger partial charge in [-0.1, -0.05) is 23.8 Å². The normalized spacial score (nSPS) is 29.2. The van der Waals surface area contributed by atoms with Crippen molar-refractivity contribution in [1.29, 1.82) is 0 Å². The molecule has 1 aromatic rings. The molecular weight excluding hydrogens is 525 g/mol. The van der Waals surface area contributed by atoms with E-state index >= 15 is 0 Å². The van der Waals surface area contributed by atoms with Crippen molar-refractivity contribution in [2.45, 2.75) is 35.1 Å². The minimum absolute atomic E-state index is 0.0387. The van der Waals surface area contributed by atoms with Gasteiger partial charge in [-0.05, 0) is 17.1 Å². The molecule has 34 heavy (non-hydrogen) atoms. The average molecular weight is 545 g/mol. The predicted molar refractivity (Wildman–Crippen MR) is 127 cm³/mol. The first kappa shape index (κ1) is 23.7. The number of amidine groups is 1. The molecule has 4 atom stereocenters. The highest BCUT2D eigenvalue weighted by atomic mass is 32.2. The summed E-state index contributed by atoms with van der Waals surface area (Å²) in [6.07, 6.45) is 0.767. The van der Waals surface area contributed by atoms with Crippen LogP contribution in [0.2, 0.25) is 0 Å². The Morgan fingerprint density at radius 3 is 2.97 bits per heavy atom. The van der Waals surface area contributed by atoms with Gasteiger partial charge in [0.2, 0.25) is 5.91 Å². The summed E-state index contributed by atoms with van der Waals surface area (Å²) in [7, 11) is 1.34. The lowest BCUT2D eigenvalue weighted by Crippen LogP contribution is -2.80. The zero-order chi connectivity index (χ0) is 24.0. The lowest BCUT2D eigenvalue weighted by atomic mass is 9.98. The number of aromatic nitrogens is 2. The highest BCUT2D eigenvalue weighted by Gasteiger charge is 2.66. The number of rotatable bonds is 10. The molecule has 17 heteroatoms. The van der Waals surface area contributed by atoms with E-state index in [0.29, 0.717) is 22.2 Å². The average Bonchev–Trinajstić information content (AvgIpc) is 3.18. The molecule has 0 radical (unpaired) electrons. The van der Waals surface area contributed by atoms with E-state index in [1.54, 1.807) is 10.6 Å². The third-order valence-corrected chi connectivity index (χ3v) is 9.54. The maximum atomic E-state index is 13.2. The van der Waals surface area contributed by atoms with E-state index in [0.717, 1.165) is 12.3 Å². The van der Waals surface area contributed by atoms with Crippen molar-refractivity contribution >= 4 is 70.4 Å². The first-order chi connectivity index (χ1) is 16.4. The number of carbonyl (C=O) groups excluding carboxylic acids is 2. The number of methoxy groups -OCH3 is 1. The number of ether oxygens (including phenoxy) is 1. The molecule has 2 amide bonds. The molecule has 0 spiro atoms. The van der Waals surface area contributed by atoms with Crippen molar-refractivity contribution in [3.63, 3.8) is 0 Å². The van der Waals surface area contributed by atoms with Crippen LogP contribution in [0.4, 0.5) is 0 Å². The fourth-order valence-electron chi connectivity index (χ4n) is 3.87. The minimum Gasteiger partial charge on any atom is -0.477 e. The van der Waals surface area contributed by atoms with Crippen LogP contribution in [0.1, 0.15) is 13.3 Å². The predicted octanol–water partition coefficient (Wildman–Crippen LogP) is 0.134. The topological polar surface area (TPSA) is 152 Å². The van der Waals surface area contributed by atoms with Crippen LogP contribution >= 0.6 is 46.8 Å². The number of hydrogen-bond acceptors (Lipinski definition) is 14. The van der Waals surface area contributed by atoms with Crippen LogP contribution < -0.4 is 10.9 Å². The smallest absolute Gasteiger partial charge is 0.352 e. The standard InChI is InChI=1S/C17H20N8O5S4/c1-3-9-20-22-25-16(24(9)25)33-6-10(26)19-17(30-2)13(29)23-11(12(27)28)8(4-31-14(17)23)5-32-15-18-7-34-21-15/h7,14,16,22H,3-6H2,1-2H3,(H,19,26)(H,27,28)/t14?,16?,17-,24?,25?/m0/s1. The molecule has 4 aliphatic heterocycles. The van der Waals surface area contributed by atoms with E-state index in [4.69, 9.17) is 4.74 Å². The Balaban J connectivity index is 1.24. The first-order valence-electron chi connectivity index (χ1n) is 10.1. The van der Waals surface area contributed by atoms with Gasteiger partial charge in [0, 0.05) is 25.0 Å². The summed E-state index contributed by atoms with van der Waals surface area (Å²) in [4.78, 5) is 43.2. The number of aliphatic carboxylic acids is 1. The zero-order valence-corrected chi connectivity index (χ0v) is 21.2. The van der Waals surface area contributed by atoms with Gasteiger partial charge < -0.3 is 15.2 Å². The van der Waals surface area contributed by atoms with Crippen LogP contribution in [0, 0.1) is 0 Å². The summed E-state index contributed by atoms with van der Waals surface area (Å²) >= 11 is 5.26. The molecule has 1 aromatic heterocycles. The van der Waals surface area contributed by atoms with Gasteiger partial charge in [0.05, 0.1) is 5.75 Å². The summed E-state index contributed by atoms with van der Waals surface area (Å²) in [5.74, 6) is -0.472. The fraction of sp³-hybridized carbons (Fsp3) is 0.529. The molecule has 4 aliphatic rings. The number of nitrogens with one attached hydrogen (secondary N) is 2. The van der Waals surface area contributed by atoms with Gasteiger partial charge in [-0.25, -0.2) is 20.3 Å². The molecule has 182 valence electrons. The third-order valence-electron chi connectivity index (χ3n) is 5.50. The summed E-state index contributed by atoms with van der Waals surface area (Å²) in [6.45, 7) is 1.99. The summed E-state index contributed by atoms with van der Waals surface area (Å²) in [5, 5.41) is 20.3. The Labute approximate surface area is 210 Å². The molecule has 0 aromatic carbocycles. The van der Waals surface area contributed by atoms with Gasteiger partial charge in [0.15, 0.2) is 10.7 Å². The fourth-order valence-corrected chi connectivity index (χ4v) is 7.82. The van der Waals surface area contributed by atoms with Crippen molar-refractivity contribution in [3.05, 3.63) is 16.8 Å². The molecule has 0 bridgehead atoms. The number of carboxylic acids is 1. The van der Waals surface area contributed by atoms with Crippen molar-refractivity contribution in [3.8, 4) is 0 Å². The maximum absolute atomic E-state index is 13.2. The van der Waals surface area contributed by atoms with E-state index < -0.39 is 23.0 Å². The molecule has 3 N–H and O–H groups in total. The minimum atomic E-state index is -1.60. The van der Waals surface area contributed by atoms with E-state index in [1.807, 2.05) is 11.9 Å². The lowest BCUT2D eigenvalue weighted by Gasteiger charge is -2.55. The monoisotopic (exact) mass is 544 g/mol. The van der Waals surface area contributed by atoms with Crippen LogP contribution in [0.15, 0.2) is 27.0 Å². The number of thioether (sulfide) groups is 3. The zero-order valence-electron chi connectivity index (χ0n) is 18.0. The number of fused-ring (bicyclic) bond motifs is 2. The van der Waals surface area contributed by atoms with Gasteiger partial charge in [-0.15, -0.1) is 28.6 Å². The molecule has 0 aliphatic carbocycles. The Morgan fingerprint density at radius 1 is 1.47 bits per heavy atom. The van der Waals surface area contributed by atoms with Crippen LogP contribution in [-0.4, -0.2) is 94.1 Å². The van der Waals surface area contributed by atoms with E-state index in [9.17, 15) is 19.5 Å². The van der Waals surface area contributed by atoms with Crippen molar-refractivity contribution in [2.24, 2.45) is 5.10 Å². The molecule has 13 nitrogen and oxygen atoms in total. The quantitative estimate of drug-likeness (QED) is 0.159. The number of amides is 2. The second kappa shape index (κ2) is 9.19. The first-order valence-corrected chi connectivity index (χ1v) is 14.0. The Hall–Kier alpha value is -2.05. The van der Waals surface area contributed by atoms with E-state index in [-0.39, 0.29) is 22.9 Å². The lowest BCUT2D eigenvalue weighted by molar-refractivity contribution is -0.192. The number of hydrazone groups is 1. The van der Waals surface area contributed by atoms with Gasteiger partial charge in [-0.3, -0.25) is 14.5 Å². The number of carbonyl (C=O) groups is 3. The Kier molecular flexibility index (Phi) is 6.40. The van der Waals surface area contributed by atoms with Crippen LogP contribution in [0.3, 0.4) is 0 Å². The highest BCUT2D eigenvalue weighted by molar-refractivity contribution is 8.01. The third kappa shape index (κ3) is 3.83. The van der Waals surface area contributed by atoms with Gasteiger partial charge >= 0.3 is 5.97 Å². The van der Waals surface area contributed by atoms with Gasteiger partial charge in [0.1, 0.15) is 22.4 Å². The number of β-lactam (4-membered cyclic amide) rings is 1. The molecular formula is C17H20N8O5S4. The van der Waals surface area contributed by atoms with E-state index in [1.165, 1.54) is 58.8 Å². The SMILES string of the molecule is CCC1=NNN2C(SCC(=O)N[C@]3(OC)C(=O)N4C(C(=O)O)=C(CSc5ncsn5)CSC43)N12. The van der Waals surface area contributed by atoms with Gasteiger partial charge in [0.25, 0.3) is 11.6 Å². The van der Waals surface area contributed by atoms with Gasteiger partial charge in [-0.2, -0.15) is 4.37 Å². The molecule has 5 rings (SSSR count). The van der Waals surface area contributed by atoms with Crippen LogP contribution in [0.5, 0.6) is 0 Å². The number of hydrogen-bond donors (Lipinski definition) is 3. The van der Waals surface area contributed by atoms with Crippen LogP contribution in [0.25, 0.3) is 0 Å². The van der Waals surface area contributed by atoms with E-state index in [2.05, 4.69) is 25.3 Å². The van der Waals surface area contributed by atoms with Crippen LogP contribution in [-0.2, 0) is 19.1 Å². The molecule has 5 heterocycles. The van der Waals surface area contributed by atoms with Crippen molar-refractivity contribution < 1.29 is 24.2 Å². The molecule has 2 fully saturated rings. The summed E-state index contributed by atoms with van der Waals surface area (Å²) in [5.41, 5.74) is 3.35. The summed E-state index contributed by atoms with van der Waals surface area (Å²) < 4.78 is 9.61. The maximum Gasteiger partial charge on any atom is 0.352 e. The van der Waals surface area contributed by atoms with Crippen molar-refractivity contribution in [1.82, 2.24) is 35.2 Å². The molecule has 0 saturated carbocycles. The molecule has 3 unspecified atom stereocenters. The van der Waals surface area contributed by atoms with Crippen molar-refractivity contribution in [2.75, 3.05) is 24.4 Å². The Morgan fingerprint density at radius 2 is 2.29 bits per heavy atom. The Bertz CT molecular complexity index is 1080. The molecule has 2 saturated heterocycles. The highest BCUT2D eigenvalue weighted by Crippen LogP contribution is 2.47. The second-order valence-corrected chi connectivity index (χ2v) is 11.1. The number of nitrogens with zero attached hydrogens (tertiary/aromatic N) is 6.